The molecule has 3 aromatic rings. The Bertz CT molecular complexity index is 1190. The van der Waals surface area contributed by atoms with E-state index < -0.39 is 0 Å². The second-order valence-electron chi connectivity index (χ2n) is 8.16. The smallest absolute Gasteiger partial charge is 0.282 e. The molecule has 1 saturated carbocycles. The quantitative estimate of drug-likeness (QED) is 0.203. The molecule has 0 spiro atoms. The normalized spacial score (nSPS) is 26.2. The average molecular weight is 550 g/mol. The largest absolute Gasteiger partial charge is 0.378 e. The number of alkyl halides is 1. The standard InChI is InChI=1S/C24H19BrCl2N2O2S/c25-14-5-3-4-13(10-14)24-17-12-21(32-20-7-2-1-6-19(20)29(30)31)23(27)22(17)16-11-15(26)8-9-18(16)28-24/h1-11,17,21-24,28H,12H2/t17-,21+,22+,23+,24-/m0/s1. The molecule has 0 saturated heterocycles. The summed E-state index contributed by atoms with van der Waals surface area (Å²) in [6, 6.07) is 21.2. The first-order valence-corrected chi connectivity index (χ1v) is 12.8. The molecular weight excluding hydrogens is 531 g/mol. The summed E-state index contributed by atoms with van der Waals surface area (Å²) in [6.45, 7) is 0. The summed E-state index contributed by atoms with van der Waals surface area (Å²) in [5.74, 6) is 0.328. The first-order chi connectivity index (χ1) is 15.4. The third-order valence-electron chi connectivity index (χ3n) is 6.32. The molecule has 2 aliphatic rings. The molecule has 0 aromatic heterocycles. The zero-order chi connectivity index (χ0) is 22.4. The first kappa shape index (κ1) is 22.1. The number of nitrogens with one attached hydrogen (secondary N) is 1. The summed E-state index contributed by atoms with van der Waals surface area (Å²) >= 11 is 18.6. The summed E-state index contributed by atoms with van der Waals surface area (Å²) < 4.78 is 1.03. The average Bonchev–Trinajstić information content (AvgIpc) is 3.10. The van der Waals surface area contributed by atoms with E-state index in [1.54, 1.807) is 12.1 Å². The van der Waals surface area contributed by atoms with Gasteiger partial charge in [0.25, 0.3) is 5.69 Å². The monoisotopic (exact) mass is 548 g/mol. The number of nitrogens with zero attached hydrogens (tertiary/aromatic N) is 1. The van der Waals surface area contributed by atoms with E-state index in [0.717, 1.165) is 22.1 Å². The van der Waals surface area contributed by atoms with Gasteiger partial charge >= 0.3 is 0 Å². The maximum Gasteiger partial charge on any atom is 0.282 e. The number of rotatable bonds is 4. The molecule has 4 nitrogen and oxygen atoms in total. The summed E-state index contributed by atoms with van der Waals surface area (Å²) in [5, 5.41) is 15.8. The van der Waals surface area contributed by atoms with Crippen LogP contribution < -0.4 is 5.32 Å². The molecule has 5 atom stereocenters. The number of nitro benzene ring substituents is 1. The highest BCUT2D eigenvalue weighted by Crippen LogP contribution is 2.58. The lowest BCUT2D eigenvalue weighted by atomic mass is 9.77. The Labute approximate surface area is 209 Å². The predicted octanol–water partition coefficient (Wildman–Crippen LogP) is 8.05. The molecule has 164 valence electrons. The van der Waals surface area contributed by atoms with Gasteiger partial charge < -0.3 is 5.32 Å². The Morgan fingerprint density at radius 2 is 1.91 bits per heavy atom. The van der Waals surface area contributed by atoms with Crippen molar-refractivity contribution in [2.45, 2.75) is 33.9 Å². The van der Waals surface area contributed by atoms with E-state index >= 15 is 0 Å². The van der Waals surface area contributed by atoms with E-state index in [2.05, 4.69) is 33.4 Å². The zero-order valence-electron chi connectivity index (χ0n) is 16.8. The van der Waals surface area contributed by atoms with Crippen LogP contribution in [0.3, 0.4) is 0 Å². The topological polar surface area (TPSA) is 55.2 Å². The van der Waals surface area contributed by atoms with Gasteiger partial charge in [0.2, 0.25) is 0 Å². The highest BCUT2D eigenvalue weighted by atomic mass is 79.9. The molecule has 0 amide bonds. The molecule has 3 aromatic carbocycles. The number of para-hydroxylation sites is 1. The summed E-state index contributed by atoms with van der Waals surface area (Å²) in [4.78, 5) is 11.9. The minimum atomic E-state index is -0.325. The van der Waals surface area contributed by atoms with Gasteiger partial charge in [-0.25, -0.2) is 0 Å². The van der Waals surface area contributed by atoms with Crippen molar-refractivity contribution in [2.24, 2.45) is 5.92 Å². The zero-order valence-corrected chi connectivity index (χ0v) is 20.7. The Hall–Kier alpha value is -1.73. The summed E-state index contributed by atoms with van der Waals surface area (Å²) in [5.41, 5.74) is 3.48. The lowest BCUT2D eigenvalue weighted by Gasteiger charge is -2.38. The number of fused-ring (bicyclic) bond motifs is 3. The van der Waals surface area contributed by atoms with Crippen LogP contribution in [0.15, 0.2) is 76.1 Å². The summed E-state index contributed by atoms with van der Waals surface area (Å²) in [7, 11) is 0. The van der Waals surface area contributed by atoms with Gasteiger partial charge in [-0.05, 0) is 59.9 Å². The molecule has 1 aliphatic carbocycles. The van der Waals surface area contributed by atoms with Crippen molar-refractivity contribution in [3.63, 3.8) is 0 Å². The molecule has 0 bridgehead atoms. The molecular formula is C24H19BrCl2N2O2S. The van der Waals surface area contributed by atoms with Gasteiger partial charge in [-0.1, -0.05) is 51.8 Å². The number of hydrogen-bond donors (Lipinski definition) is 1. The predicted molar refractivity (Wildman–Crippen MR) is 135 cm³/mol. The lowest BCUT2D eigenvalue weighted by Crippen LogP contribution is -2.31. The Morgan fingerprint density at radius 3 is 2.69 bits per heavy atom. The van der Waals surface area contributed by atoms with Gasteiger partial charge in [0.05, 0.1) is 21.2 Å². The van der Waals surface area contributed by atoms with Crippen LogP contribution >= 0.6 is 50.9 Å². The second-order valence-corrected chi connectivity index (χ2v) is 11.3. The number of thioether (sulfide) groups is 1. The number of halogens is 3. The minimum absolute atomic E-state index is 0.0363. The molecule has 1 aliphatic heterocycles. The molecule has 0 unspecified atom stereocenters. The van der Waals surface area contributed by atoms with Crippen molar-refractivity contribution in [1.82, 2.24) is 0 Å². The third-order valence-corrected chi connectivity index (χ3v) is 9.16. The van der Waals surface area contributed by atoms with Gasteiger partial charge in [0.1, 0.15) is 0 Å². The number of nitro groups is 1. The fourth-order valence-corrected chi connectivity index (χ4v) is 7.53. The van der Waals surface area contributed by atoms with Crippen LogP contribution in [0.25, 0.3) is 0 Å². The highest BCUT2D eigenvalue weighted by Gasteiger charge is 2.50. The van der Waals surface area contributed by atoms with Crippen molar-refractivity contribution < 1.29 is 4.92 Å². The van der Waals surface area contributed by atoms with E-state index in [4.69, 9.17) is 23.2 Å². The Morgan fingerprint density at radius 1 is 1.09 bits per heavy atom. The minimum Gasteiger partial charge on any atom is -0.378 e. The lowest BCUT2D eigenvalue weighted by molar-refractivity contribution is -0.387. The maximum absolute atomic E-state index is 11.5. The van der Waals surface area contributed by atoms with Crippen molar-refractivity contribution >= 4 is 62.3 Å². The number of benzene rings is 3. The van der Waals surface area contributed by atoms with E-state index in [1.165, 1.54) is 17.3 Å². The molecule has 32 heavy (non-hydrogen) atoms. The van der Waals surface area contributed by atoms with Gasteiger partial charge in [-0.2, -0.15) is 0 Å². The molecule has 0 radical (unpaired) electrons. The van der Waals surface area contributed by atoms with Crippen LogP contribution in [0.1, 0.15) is 29.5 Å². The Balaban J connectivity index is 1.54. The van der Waals surface area contributed by atoms with E-state index in [-0.39, 0.29) is 39.1 Å². The molecule has 1 fully saturated rings. The van der Waals surface area contributed by atoms with Gasteiger partial charge in [0, 0.05) is 32.4 Å². The van der Waals surface area contributed by atoms with Gasteiger partial charge in [-0.3, -0.25) is 10.1 Å². The van der Waals surface area contributed by atoms with Crippen LogP contribution in [-0.2, 0) is 0 Å². The SMILES string of the molecule is O=[N+]([O-])c1ccccc1S[C@@H]1C[C@H]2[C@@H](c3cc(Cl)ccc3N[C@H]2c2cccc(Br)c2)[C@@H]1Cl. The van der Waals surface area contributed by atoms with Crippen molar-refractivity contribution in [3.8, 4) is 0 Å². The van der Waals surface area contributed by atoms with E-state index in [1.807, 2.05) is 42.5 Å². The molecule has 8 heteroatoms. The number of hydrogen-bond acceptors (Lipinski definition) is 4. The summed E-state index contributed by atoms with van der Waals surface area (Å²) in [6.07, 6.45) is 0.839. The van der Waals surface area contributed by atoms with Crippen molar-refractivity contribution in [3.05, 3.63) is 97.5 Å². The fourth-order valence-electron chi connectivity index (χ4n) is 4.99. The van der Waals surface area contributed by atoms with Crippen LogP contribution in [-0.4, -0.2) is 15.6 Å². The maximum atomic E-state index is 11.5. The highest BCUT2D eigenvalue weighted by molar-refractivity contribution is 9.10. The van der Waals surface area contributed by atoms with Crippen LogP contribution in [0.5, 0.6) is 0 Å². The Kier molecular flexibility index (Phi) is 6.14. The fraction of sp³-hybridized carbons (Fsp3) is 0.250. The molecule has 1 N–H and O–H groups in total. The molecule has 1 heterocycles. The van der Waals surface area contributed by atoms with Crippen LogP contribution in [0.2, 0.25) is 5.02 Å². The van der Waals surface area contributed by atoms with E-state index in [9.17, 15) is 10.1 Å². The van der Waals surface area contributed by atoms with Crippen LogP contribution in [0, 0.1) is 16.0 Å². The molecule has 5 rings (SSSR count). The van der Waals surface area contributed by atoms with Gasteiger partial charge in [0.15, 0.2) is 0 Å². The van der Waals surface area contributed by atoms with Crippen molar-refractivity contribution in [1.29, 1.82) is 0 Å². The third kappa shape index (κ3) is 4.03. The van der Waals surface area contributed by atoms with E-state index in [0.29, 0.717) is 9.92 Å². The van der Waals surface area contributed by atoms with Gasteiger partial charge in [-0.15, -0.1) is 23.4 Å². The number of anilines is 1. The first-order valence-electron chi connectivity index (χ1n) is 10.3. The van der Waals surface area contributed by atoms with Crippen molar-refractivity contribution in [2.75, 3.05) is 5.32 Å². The van der Waals surface area contributed by atoms with Crippen LogP contribution in [0.4, 0.5) is 11.4 Å². The second kappa shape index (κ2) is 8.90.